The molecule has 3 atom stereocenters. The predicted octanol–water partition coefficient (Wildman–Crippen LogP) is 3.62. The number of aliphatic hydroxyl groups is 1. The molecule has 0 saturated carbocycles. The first-order chi connectivity index (χ1) is 19.2. The topological polar surface area (TPSA) is 137 Å². The number of rotatable bonds is 14. The van der Waals surface area contributed by atoms with Crippen molar-refractivity contribution in [1.82, 2.24) is 16.0 Å². The summed E-state index contributed by atoms with van der Waals surface area (Å²) in [4.78, 5) is 38.4. The van der Waals surface area contributed by atoms with Crippen LogP contribution >= 0.6 is 0 Å². The maximum absolute atomic E-state index is 14.0. The molecule has 0 aliphatic carbocycles. The van der Waals surface area contributed by atoms with Crippen molar-refractivity contribution < 1.29 is 29.3 Å². The van der Waals surface area contributed by atoms with E-state index in [0.717, 1.165) is 16.7 Å². The fourth-order valence-electron chi connectivity index (χ4n) is 4.30. The molecule has 3 aromatic rings. The summed E-state index contributed by atoms with van der Waals surface area (Å²) in [6.45, 7) is 3.80. The Morgan fingerprint density at radius 2 is 1.35 bits per heavy atom. The number of amides is 2. The smallest absolute Gasteiger partial charge is 0.409 e. The number of carboxylic acids is 1. The van der Waals surface area contributed by atoms with Gasteiger partial charge in [-0.3, -0.25) is 20.2 Å². The SMILES string of the molecule is CC(C)[C@](NCc1ccccc1)(NC(=O)OCc1ccccc1)C(=O)N[C@@H](Cc1ccccc1)C(O)CC(=O)O. The number of nitrogens with one attached hydrogen (secondary N) is 3. The van der Waals surface area contributed by atoms with Crippen molar-refractivity contribution in [3.63, 3.8) is 0 Å². The highest BCUT2D eigenvalue weighted by atomic mass is 16.5. The lowest BCUT2D eigenvalue weighted by Crippen LogP contribution is -2.71. The minimum atomic E-state index is -1.65. The molecule has 0 bridgehead atoms. The van der Waals surface area contributed by atoms with E-state index in [1.807, 2.05) is 91.0 Å². The van der Waals surface area contributed by atoms with E-state index in [1.54, 1.807) is 13.8 Å². The summed E-state index contributed by atoms with van der Waals surface area (Å²) in [5.74, 6) is -2.30. The van der Waals surface area contributed by atoms with Crippen molar-refractivity contribution in [3.8, 4) is 0 Å². The molecule has 0 spiro atoms. The Bertz CT molecular complexity index is 1220. The summed E-state index contributed by atoms with van der Waals surface area (Å²) in [5, 5.41) is 28.8. The summed E-state index contributed by atoms with van der Waals surface area (Å²) in [5.41, 5.74) is 0.821. The third-order valence-electron chi connectivity index (χ3n) is 6.61. The zero-order valence-electron chi connectivity index (χ0n) is 22.7. The first-order valence-electron chi connectivity index (χ1n) is 13.2. The third kappa shape index (κ3) is 8.93. The molecule has 0 aliphatic rings. The van der Waals surface area contributed by atoms with Crippen LogP contribution in [0.1, 0.15) is 37.0 Å². The van der Waals surface area contributed by atoms with Crippen molar-refractivity contribution >= 4 is 18.0 Å². The van der Waals surface area contributed by atoms with E-state index < -0.39 is 48.1 Å². The third-order valence-corrected chi connectivity index (χ3v) is 6.61. The molecule has 212 valence electrons. The van der Waals surface area contributed by atoms with E-state index in [2.05, 4.69) is 16.0 Å². The standard InChI is InChI=1S/C31H37N3O6/c1-22(2)31(32-20-24-14-8-4-9-15-24,34-30(39)40-21-25-16-10-5-11-17-25)29(38)33-26(27(35)19-28(36)37)18-23-12-6-3-7-13-23/h3-17,22,26-27,32,35H,18-21H2,1-2H3,(H,33,38)(H,34,39)(H,36,37)/t26-,27?,31-/m0/s1. The normalized spacial score (nSPS) is 14.0. The van der Waals surface area contributed by atoms with Crippen molar-refractivity contribution in [2.24, 2.45) is 5.92 Å². The molecule has 0 aliphatic heterocycles. The zero-order chi connectivity index (χ0) is 29.0. The van der Waals surface area contributed by atoms with E-state index in [1.165, 1.54) is 0 Å². The Balaban J connectivity index is 1.87. The molecule has 0 aromatic heterocycles. The van der Waals surface area contributed by atoms with E-state index in [-0.39, 0.29) is 19.6 Å². The summed E-state index contributed by atoms with van der Waals surface area (Å²) < 4.78 is 5.44. The molecule has 9 nitrogen and oxygen atoms in total. The average molecular weight is 548 g/mol. The van der Waals surface area contributed by atoms with E-state index >= 15 is 0 Å². The molecular formula is C31H37N3O6. The Hall–Kier alpha value is -4.21. The maximum atomic E-state index is 14.0. The fraction of sp³-hybridized carbons (Fsp3) is 0.323. The molecule has 3 rings (SSSR count). The maximum Gasteiger partial charge on any atom is 0.409 e. The molecule has 0 saturated heterocycles. The van der Waals surface area contributed by atoms with Crippen LogP contribution in [0.2, 0.25) is 0 Å². The minimum absolute atomic E-state index is 0.00904. The Morgan fingerprint density at radius 1 is 0.825 bits per heavy atom. The van der Waals surface area contributed by atoms with Gasteiger partial charge >= 0.3 is 12.1 Å². The van der Waals surface area contributed by atoms with Crippen LogP contribution in [0, 0.1) is 5.92 Å². The van der Waals surface area contributed by atoms with Crippen molar-refractivity contribution in [2.75, 3.05) is 0 Å². The monoisotopic (exact) mass is 547 g/mol. The van der Waals surface area contributed by atoms with Crippen molar-refractivity contribution in [3.05, 3.63) is 108 Å². The fourth-order valence-corrected chi connectivity index (χ4v) is 4.30. The molecule has 0 fully saturated rings. The lowest BCUT2D eigenvalue weighted by molar-refractivity contribution is -0.141. The number of aliphatic hydroxyl groups excluding tert-OH is 1. The van der Waals surface area contributed by atoms with Crippen LogP contribution in [0.25, 0.3) is 0 Å². The van der Waals surface area contributed by atoms with Crippen molar-refractivity contribution in [2.45, 2.75) is 57.6 Å². The van der Waals surface area contributed by atoms with Gasteiger partial charge in [-0.25, -0.2) is 4.79 Å². The summed E-state index contributed by atoms with van der Waals surface area (Å²) in [6.07, 6.45) is -2.55. The molecule has 1 unspecified atom stereocenters. The predicted molar refractivity (Wildman–Crippen MR) is 151 cm³/mol. The van der Waals surface area contributed by atoms with Gasteiger partial charge in [0.05, 0.1) is 18.6 Å². The van der Waals surface area contributed by atoms with E-state index in [4.69, 9.17) is 4.74 Å². The Labute approximate surface area is 234 Å². The lowest BCUT2D eigenvalue weighted by Gasteiger charge is -2.39. The van der Waals surface area contributed by atoms with Gasteiger partial charge in [-0.2, -0.15) is 0 Å². The van der Waals surface area contributed by atoms with Gasteiger partial charge in [-0.05, 0) is 29.0 Å². The largest absolute Gasteiger partial charge is 0.481 e. The van der Waals surface area contributed by atoms with Crippen LogP contribution in [0.5, 0.6) is 0 Å². The molecule has 5 N–H and O–H groups in total. The molecule has 3 aromatic carbocycles. The second-order valence-electron chi connectivity index (χ2n) is 9.92. The minimum Gasteiger partial charge on any atom is -0.481 e. The van der Waals surface area contributed by atoms with Gasteiger partial charge in [0.1, 0.15) is 6.61 Å². The Kier molecular flexibility index (Phi) is 11.2. The number of hydrogen-bond acceptors (Lipinski definition) is 6. The number of ether oxygens (including phenoxy) is 1. The first-order valence-corrected chi connectivity index (χ1v) is 13.2. The molecule has 0 heterocycles. The molecule has 40 heavy (non-hydrogen) atoms. The van der Waals surface area contributed by atoms with Crippen LogP contribution in [0.15, 0.2) is 91.0 Å². The second-order valence-corrected chi connectivity index (χ2v) is 9.92. The van der Waals surface area contributed by atoms with E-state index in [9.17, 15) is 24.6 Å². The van der Waals surface area contributed by atoms with E-state index in [0.29, 0.717) is 0 Å². The van der Waals surface area contributed by atoms with Crippen LogP contribution in [0.3, 0.4) is 0 Å². The molecule has 0 radical (unpaired) electrons. The van der Waals surface area contributed by atoms with Gasteiger partial charge < -0.3 is 20.3 Å². The number of alkyl carbamates (subject to hydrolysis) is 1. The highest BCUT2D eigenvalue weighted by Crippen LogP contribution is 2.19. The second kappa shape index (κ2) is 14.8. The summed E-state index contributed by atoms with van der Waals surface area (Å²) in [7, 11) is 0. The summed E-state index contributed by atoms with van der Waals surface area (Å²) >= 11 is 0. The molecular weight excluding hydrogens is 510 g/mol. The number of carbonyl (C=O) groups is 3. The van der Waals surface area contributed by atoms with Gasteiger partial charge in [0.2, 0.25) is 0 Å². The quantitative estimate of drug-likeness (QED) is 0.194. The van der Waals surface area contributed by atoms with Gasteiger partial charge in [-0.15, -0.1) is 0 Å². The highest BCUT2D eigenvalue weighted by molar-refractivity contribution is 5.90. The van der Waals surface area contributed by atoms with Gasteiger partial charge in [-0.1, -0.05) is 105 Å². The highest BCUT2D eigenvalue weighted by Gasteiger charge is 2.44. The van der Waals surface area contributed by atoms with Gasteiger partial charge in [0.15, 0.2) is 5.66 Å². The Morgan fingerprint density at radius 3 is 1.88 bits per heavy atom. The molecule has 2 amide bonds. The van der Waals surface area contributed by atoms with Crippen LogP contribution < -0.4 is 16.0 Å². The number of carboxylic acid groups (broad SMARTS) is 1. The first kappa shape index (κ1) is 30.3. The summed E-state index contributed by atoms with van der Waals surface area (Å²) in [6, 6.07) is 26.8. The lowest BCUT2D eigenvalue weighted by atomic mass is 9.92. The van der Waals surface area contributed by atoms with Crippen LogP contribution in [0.4, 0.5) is 4.79 Å². The average Bonchev–Trinajstić information content (AvgIpc) is 2.95. The van der Waals surface area contributed by atoms with Crippen molar-refractivity contribution in [1.29, 1.82) is 0 Å². The van der Waals surface area contributed by atoms with Gasteiger partial charge in [0.25, 0.3) is 5.91 Å². The number of hydrogen-bond donors (Lipinski definition) is 5. The van der Waals surface area contributed by atoms with Gasteiger partial charge in [0, 0.05) is 6.54 Å². The zero-order valence-corrected chi connectivity index (χ0v) is 22.7. The number of benzene rings is 3. The molecule has 9 heteroatoms. The van der Waals surface area contributed by atoms with Crippen LogP contribution in [-0.2, 0) is 33.9 Å². The number of aliphatic carboxylic acids is 1. The van der Waals surface area contributed by atoms with Crippen LogP contribution in [-0.4, -0.2) is 46.0 Å². The number of carbonyl (C=O) groups excluding carboxylic acids is 2.